The summed E-state index contributed by atoms with van der Waals surface area (Å²) in [7, 11) is -3.38. The Morgan fingerprint density at radius 3 is 2.75 bits per heavy atom. The van der Waals surface area contributed by atoms with Gasteiger partial charge >= 0.3 is 0 Å². The van der Waals surface area contributed by atoms with Crippen LogP contribution in [0.1, 0.15) is 32.3 Å². The molecule has 1 aliphatic heterocycles. The third-order valence-corrected chi connectivity index (χ3v) is 6.15. The zero-order chi connectivity index (χ0) is 14.3. The fourth-order valence-electron chi connectivity index (χ4n) is 2.71. The highest BCUT2D eigenvalue weighted by Crippen LogP contribution is 2.33. The van der Waals surface area contributed by atoms with Crippen LogP contribution in [0.25, 0.3) is 0 Å². The maximum Gasteiger partial charge on any atom is 0.243 e. The molecule has 20 heavy (non-hydrogen) atoms. The van der Waals surface area contributed by atoms with E-state index in [1.165, 1.54) is 5.56 Å². The number of benzene rings is 1. The summed E-state index contributed by atoms with van der Waals surface area (Å²) in [6.45, 7) is 5.45. The van der Waals surface area contributed by atoms with Gasteiger partial charge in [-0.3, -0.25) is 0 Å². The molecule has 0 unspecified atom stereocenters. The molecule has 4 nitrogen and oxygen atoms in total. The number of sulfonamides is 1. The van der Waals surface area contributed by atoms with Crippen LogP contribution in [0.3, 0.4) is 0 Å². The molecule has 0 amide bonds. The second-order valence-corrected chi connectivity index (χ2v) is 8.00. The van der Waals surface area contributed by atoms with Gasteiger partial charge in [0.05, 0.1) is 4.90 Å². The normalized spacial score (nSPS) is 18.4. The average Bonchev–Trinajstić information content (AvgIpc) is 3.10. The zero-order valence-corrected chi connectivity index (χ0v) is 12.9. The second-order valence-electron chi connectivity index (χ2n) is 6.11. The molecule has 1 fully saturated rings. The van der Waals surface area contributed by atoms with Gasteiger partial charge in [-0.1, -0.05) is 6.07 Å². The standard InChI is InChI=1S/C15H22N2O2S/c1-11(2)17(10-12-3-4-12)20(18,19)14-6-5-13-7-8-16-15(13)9-14/h5-6,9,11-12,16H,3-4,7-8,10H2,1-2H3. The molecule has 2 aliphatic rings. The van der Waals surface area contributed by atoms with Gasteiger partial charge in [0.25, 0.3) is 0 Å². The molecule has 110 valence electrons. The first-order chi connectivity index (χ1) is 9.48. The highest BCUT2D eigenvalue weighted by Gasteiger charge is 2.33. The summed E-state index contributed by atoms with van der Waals surface area (Å²) in [6, 6.07) is 5.49. The van der Waals surface area contributed by atoms with Crippen LogP contribution in [0.15, 0.2) is 23.1 Å². The third-order valence-electron chi connectivity index (χ3n) is 4.11. The topological polar surface area (TPSA) is 49.4 Å². The smallest absolute Gasteiger partial charge is 0.243 e. The molecule has 1 saturated carbocycles. The summed E-state index contributed by atoms with van der Waals surface area (Å²) in [5.41, 5.74) is 2.18. The predicted octanol–water partition coefficient (Wildman–Crippen LogP) is 2.46. The van der Waals surface area contributed by atoms with Crippen LogP contribution in [-0.2, 0) is 16.4 Å². The fourth-order valence-corrected chi connectivity index (χ4v) is 4.45. The third kappa shape index (κ3) is 2.56. The Labute approximate surface area is 121 Å². The van der Waals surface area contributed by atoms with E-state index in [0.717, 1.165) is 31.5 Å². The summed E-state index contributed by atoms with van der Waals surface area (Å²) in [6.07, 6.45) is 3.29. The number of nitrogens with one attached hydrogen (secondary N) is 1. The average molecular weight is 294 g/mol. The van der Waals surface area contributed by atoms with E-state index in [-0.39, 0.29) is 6.04 Å². The van der Waals surface area contributed by atoms with Crippen LogP contribution in [0.2, 0.25) is 0 Å². The van der Waals surface area contributed by atoms with Crippen molar-refractivity contribution in [3.63, 3.8) is 0 Å². The van der Waals surface area contributed by atoms with Gasteiger partial charge in [0, 0.05) is 24.8 Å². The van der Waals surface area contributed by atoms with Gasteiger partial charge in [0.15, 0.2) is 0 Å². The van der Waals surface area contributed by atoms with E-state index >= 15 is 0 Å². The Bertz CT molecular complexity index is 606. The molecule has 1 aromatic carbocycles. The van der Waals surface area contributed by atoms with Crippen LogP contribution < -0.4 is 5.32 Å². The van der Waals surface area contributed by atoms with Gasteiger partial charge in [0.1, 0.15) is 0 Å². The maximum absolute atomic E-state index is 12.8. The van der Waals surface area contributed by atoms with Crippen molar-refractivity contribution < 1.29 is 8.42 Å². The minimum Gasteiger partial charge on any atom is -0.384 e. The van der Waals surface area contributed by atoms with E-state index in [4.69, 9.17) is 0 Å². The number of rotatable bonds is 5. The van der Waals surface area contributed by atoms with Crippen LogP contribution in [0, 0.1) is 5.92 Å². The van der Waals surface area contributed by atoms with Crippen molar-refractivity contribution >= 4 is 15.7 Å². The van der Waals surface area contributed by atoms with Gasteiger partial charge in [0.2, 0.25) is 10.0 Å². The van der Waals surface area contributed by atoms with Gasteiger partial charge in [-0.2, -0.15) is 4.31 Å². The Balaban J connectivity index is 1.92. The molecule has 0 saturated heterocycles. The van der Waals surface area contributed by atoms with E-state index in [0.29, 0.717) is 17.4 Å². The molecule has 0 radical (unpaired) electrons. The molecule has 1 aliphatic carbocycles. The molecule has 1 aromatic rings. The van der Waals surface area contributed by atoms with Crippen molar-refractivity contribution in [3.8, 4) is 0 Å². The van der Waals surface area contributed by atoms with E-state index in [9.17, 15) is 8.42 Å². The Hall–Kier alpha value is -1.07. The van der Waals surface area contributed by atoms with E-state index in [1.54, 1.807) is 16.4 Å². The Morgan fingerprint density at radius 2 is 2.10 bits per heavy atom. The molecule has 1 N–H and O–H groups in total. The fraction of sp³-hybridized carbons (Fsp3) is 0.600. The summed E-state index contributed by atoms with van der Waals surface area (Å²) >= 11 is 0. The van der Waals surface area contributed by atoms with Crippen LogP contribution in [-0.4, -0.2) is 31.9 Å². The molecule has 0 atom stereocenters. The molecular weight excluding hydrogens is 272 g/mol. The largest absolute Gasteiger partial charge is 0.384 e. The molecule has 5 heteroatoms. The molecule has 0 bridgehead atoms. The van der Waals surface area contributed by atoms with Crippen molar-refractivity contribution in [2.24, 2.45) is 5.92 Å². The summed E-state index contributed by atoms with van der Waals surface area (Å²) in [5, 5.41) is 3.25. The minimum atomic E-state index is -3.38. The van der Waals surface area contributed by atoms with E-state index < -0.39 is 10.0 Å². The lowest BCUT2D eigenvalue weighted by Gasteiger charge is -2.26. The number of anilines is 1. The molecular formula is C15H22N2O2S. The minimum absolute atomic E-state index is 0.00168. The quantitative estimate of drug-likeness (QED) is 0.907. The first kappa shape index (κ1) is 13.9. The van der Waals surface area contributed by atoms with Gasteiger partial charge in [-0.05, 0) is 56.7 Å². The van der Waals surface area contributed by atoms with Crippen LogP contribution >= 0.6 is 0 Å². The second kappa shape index (κ2) is 5.04. The number of fused-ring (bicyclic) bond motifs is 1. The lowest BCUT2D eigenvalue weighted by atomic mass is 10.2. The van der Waals surface area contributed by atoms with E-state index in [1.807, 2.05) is 19.9 Å². The molecule has 0 aromatic heterocycles. The monoisotopic (exact) mass is 294 g/mol. The SMILES string of the molecule is CC(C)N(CC1CC1)S(=O)(=O)c1ccc2c(c1)NCC2. The first-order valence-electron chi connectivity index (χ1n) is 7.37. The first-order valence-corrected chi connectivity index (χ1v) is 8.81. The molecule has 3 rings (SSSR count). The highest BCUT2D eigenvalue weighted by atomic mass is 32.2. The predicted molar refractivity (Wildman–Crippen MR) is 80.4 cm³/mol. The Kier molecular flexibility index (Phi) is 3.50. The number of hydrogen-bond acceptors (Lipinski definition) is 3. The van der Waals surface area contributed by atoms with Crippen molar-refractivity contribution in [2.45, 2.75) is 44.0 Å². The Morgan fingerprint density at radius 1 is 1.35 bits per heavy atom. The van der Waals surface area contributed by atoms with Crippen LogP contribution in [0.5, 0.6) is 0 Å². The van der Waals surface area contributed by atoms with Gasteiger partial charge in [-0.25, -0.2) is 8.42 Å². The van der Waals surface area contributed by atoms with Crippen molar-refractivity contribution in [1.29, 1.82) is 0 Å². The van der Waals surface area contributed by atoms with Gasteiger partial charge < -0.3 is 5.32 Å². The summed E-state index contributed by atoms with van der Waals surface area (Å²) < 4.78 is 27.3. The number of nitrogens with zero attached hydrogens (tertiary/aromatic N) is 1. The lowest BCUT2D eigenvalue weighted by molar-refractivity contribution is 0.342. The highest BCUT2D eigenvalue weighted by molar-refractivity contribution is 7.89. The summed E-state index contributed by atoms with van der Waals surface area (Å²) in [4.78, 5) is 0.417. The molecule has 0 spiro atoms. The zero-order valence-electron chi connectivity index (χ0n) is 12.1. The van der Waals surface area contributed by atoms with Crippen molar-refractivity contribution in [3.05, 3.63) is 23.8 Å². The summed E-state index contributed by atoms with van der Waals surface area (Å²) in [5.74, 6) is 0.555. The van der Waals surface area contributed by atoms with Crippen molar-refractivity contribution in [1.82, 2.24) is 4.31 Å². The van der Waals surface area contributed by atoms with Crippen LogP contribution in [0.4, 0.5) is 5.69 Å². The van der Waals surface area contributed by atoms with Crippen molar-refractivity contribution in [2.75, 3.05) is 18.4 Å². The molecule has 1 heterocycles. The maximum atomic E-state index is 12.8. The van der Waals surface area contributed by atoms with E-state index in [2.05, 4.69) is 5.32 Å². The lowest BCUT2D eigenvalue weighted by Crippen LogP contribution is -2.38. The number of hydrogen-bond donors (Lipinski definition) is 1. The van der Waals surface area contributed by atoms with Gasteiger partial charge in [-0.15, -0.1) is 0 Å².